The molecule has 57 heavy (non-hydrogen) atoms. The highest BCUT2D eigenvalue weighted by Gasteiger charge is 2.49. The number of nitrogen functional groups attached to an aromatic ring is 2. The molecule has 0 aliphatic carbocycles. The summed E-state index contributed by atoms with van der Waals surface area (Å²) in [6.45, 7) is -2.18. The predicted octanol–water partition coefficient (Wildman–Crippen LogP) is -2.96. The Morgan fingerprint density at radius 2 is 0.965 bits per heavy atom. The van der Waals surface area contributed by atoms with E-state index in [4.69, 9.17) is 20.9 Å². The number of aromatic nitrogens is 8. The number of phosphoric ester groups is 2. The van der Waals surface area contributed by atoms with Gasteiger partial charge < -0.3 is 65.5 Å². The molecule has 12 atom stereocenters. The van der Waals surface area contributed by atoms with Gasteiger partial charge in [-0.15, -0.1) is 0 Å². The van der Waals surface area contributed by atoms with Crippen molar-refractivity contribution in [1.82, 2.24) is 39.0 Å². The number of hydrogen-bond donors (Lipinski definition) is 10. The quantitative estimate of drug-likeness (QED) is 0.0397. The molecule has 0 bridgehead atoms. The molecule has 2 aliphatic heterocycles. The first-order valence-electron chi connectivity index (χ1n) is 14.9. The van der Waals surface area contributed by atoms with Crippen molar-refractivity contribution in [2.75, 3.05) is 24.7 Å². The topological polar surface area (TPSA) is 460 Å². The van der Waals surface area contributed by atoms with E-state index in [9.17, 15) is 62.8 Å². The van der Waals surface area contributed by atoms with E-state index in [0.29, 0.717) is 0 Å². The first-order valence-corrected chi connectivity index (χ1v) is 21.9. The summed E-state index contributed by atoms with van der Waals surface area (Å²) in [5.41, 5.74) is 11.9. The SMILES string of the molecule is [BH3-]P(=O)(OP(=O)(O)OP(=O)(O)OCC1OC(n2cnc3c(N)ncnc32)C(O)C1O)OP(=O)(O)OP(=O)(O)OCC1OC(n2cnc3c(N)ncnc32)C(O)C1O. The number of hydrogen-bond acceptors (Lipinski definition) is 25. The molecule has 4 aromatic heterocycles. The third-order valence-electron chi connectivity index (χ3n) is 7.55. The fourth-order valence-corrected chi connectivity index (χ4v) is 10.8. The van der Waals surface area contributed by atoms with Crippen molar-refractivity contribution in [2.45, 2.75) is 49.1 Å². The molecule has 6 rings (SSSR count). The smallest absolute Gasteiger partial charge is 0.387 e. The summed E-state index contributed by atoms with van der Waals surface area (Å²) < 4.78 is 102. The van der Waals surface area contributed by atoms with Gasteiger partial charge in [0.2, 0.25) is 0 Å². The van der Waals surface area contributed by atoms with E-state index in [1.54, 1.807) is 0 Å². The third-order valence-corrected chi connectivity index (χ3v) is 14.5. The van der Waals surface area contributed by atoms with E-state index in [1.165, 1.54) is 0 Å². The maximum absolute atomic E-state index is 12.8. The lowest BCUT2D eigenvalue weighted by atomic mass is 10.1. The van der Waals surface area contributed by atoms with E-state index in [-0.39, 0.29) is 34.0 Å². The highest BCUT2D eigenvalue weighted by atomic mass is 31.3. The second-order valence-corrected chi connectivity index (χ2v) is 18.6. The number of anilines is 2. The molecule has 12 N–H and O–H groups in total. The first-order chi connectivity index (χ1) is 26.4. The Morgan fingerprint density at radius 1 is 0.596 bits per heavy atom. The van der Waals surface area contributed by atoms with Crippen LogP contribution >= 0.6 is 38.8 Å². The van der Waals surface area contributed by atoms with Gasteiger partial charge in [-0.1, -0.05) is 0 Å². The molecule has 2 fully saturated rings. The predicted molar refractivity (Wildman–Crippen MR) is 184 cm³/mol. The molecule has 31 nitrogen and oxygen atoms in total. The molecule has 0 aromatic carbocycles. The molecule has 4 aromatic rings. The van der Waals surface area contributed by atoms with Gasteiger partial charge >= 0.3 is 31.3 Å². The van der Waals surface area contributed by atoms with E-state index in [0.717, 1.165) is 34.4 Å². The highest BCUT2D eigenvalue weighted by Crippen LogP contribution is 2.73. The van der Waals surface area contributed by atoms with Gasteiger partial charge in [0.05, 0.1) is 33.4 Å². The van der Waals surface area contributed by atoms with Gasteiger partial charge in [-0.25, -0.2) is 56.8 Å². The Balaban J connectivity index is 1.00. The number of ether oxygens (including phenoxy) is 2. The fourth-order valence-electron chi connectivity index (χ4n) is 5.16. The third kappa shape index (κ3) is 9.85. The summed E-state index contributed by atoms with van der Waals surface area (Å²) in [4.78, 5) is 63.6. The molecule has 316 valence electrons. The van der Waals surface area contributed by atoms with Crippen LogP contribution in [0, 0.1) is 0 Å². The Labute approximate surface area is 316 Å². The average molecular weight is 913 g/mol. The van der Waals surface area contributed by atoms with Gasteiger partial charge in [0.25, 0.3) is 0 Å². The Kier molecular flexibility index (Phi) is 12.3. The number of phosphoric acid groups is 4. The zero-order valence-corrected chi connectivity index (χ0v) is 31.7. The van der Waals surface area contributed by atoms with E-state index < -0.39 is 109 Å². The van der Waals surface area contributed by atoms with Crippen molar-refractivity contribution in [3.8, 4) is 0 Å². The molecule has 2 saturated heterocycles. The van der Waals surface area contributed by atoms with Crippen molar-refractivity contribution in [3.05, 3.63) is 25.3 Å². The molecule has 0 amide bonds. The van der Waals surface area contributed by atoms with Crippen molar-refractivity contribution in [3.63, 3.8) is 0 Å². The lowest BCUT2D eigenvalue weighted by Gasteiger charge is -2.25. The molecule has 37 heteroatoms. The number of aliphatic hydroxyl groups is 4. The van der Waals surface area contributed by atoms with Gasteiger partial charge in [0.15, 0.2) is 42.9 Å². The summed E-state index contributed by atoms with van der Waals surface area (Å²) in [6.07, 6.45) is -8.55. The fraction of sp³-hybridized carbons (Fsp3) is 0.500. The number of nitrogens with zero attached hydrogens (tertiary/aromatic N) is 8. The summed E-state index contributed by atoms with van der Waals surface area (Å²) in [5.74, 6) is -0.0326. The van der Waals surface area contributed by atoms with Crippen LogP contribution in [0.1, 0.15) is 12.5 Å². The van der Waals surface area contributed by atoms with Gasteiger partial charge in [-0.2, -0.15) is 8.62 Å². The number of imidazole rings is 2. The van der Waals surface area contributed by atoms with Gasteiger partial charge in [-0.3, -0.25) is 18.2 Å². The van der Waals surface area contributed by atoms with Crippen LogP contribution in [0.25, 0.3) is 22.3 Å². The van der Waals surface area contributed by atoms with E-state index in [2.05, 4.69) is 56.2 Å². The molecular weight excluding hydrogens is 882 g/mol. The second-order valence-electron chi connectivity index (χ2n) is 11.3. The second kappa shape index (κ2) is 16.0. The van der Waals surface area contributed by atoms with E-state index in [1.807, 2.05) is 0 Å². The van der Waals surface area contributed by atoms with Gasteiger partial charge in [0.1, 0.15) is 60.3 Å². The number of rotatable bonds is 16. The van der Waals surface area contributed by atoms with Crippen molar-refractivity contribution >= 4 is 80.3 Å². The van der Waals surface area contributed by atoms with Crippen LogP contribution in [-0.4, -0.2) is 136 Å². The van der Waals surface area contributed by atoms with Crippen molar-refractivity contribution in [1.29, 1.82) is 0 Å². The molecular formula is C20H31BN10O21P5-. The molecule has 0 spiro atoms. The van der Waals surface area contributed by atoms with Crippen LogP contribution in [0.5, 0.6) is 0 Å². The monoisotopic (exact) mass is 913 g/mol. The molecule has 6 heterocycles. The van der Waals surface area contributed by atoms with Crippen LogP contribution in [0.4, 0.5) is 11.6 Å². The summed E-state index contributed by atoms with van der Waals surface area (Å²) in [5, 5.41) is 41.9. The standard InChI is InChI=1S/C20H31BN10O21P5/c21-53(36,49-56(41,42)51-54(37,38)45-1-7-11(32)13(34)19(47-7)30-5-28-9-15(22)24-3-26-17(9)30)50-57(43,44)52-55(39,40)46-2-8-12(33)14(35)20(48-8)31-6-29-10-16(23)25-4-27-18(10)31/h3-8,11-14,19-20,32-35H,1-2H2,21H3,(H,37,38)(H,39,40)(H,41,42)(H,43,44)(H2,22,24,26)(H2,23,25,27)/q-1. The van der Waals surface area contributed by atoms with Crippen LogP contribution in [0.15, 0.2) is 25.3 Å². The summed E-state index contributed by atoms with van der Waals surface area (Å²) in [6, 6.07) is 0. The zero-order chi connectivity index (χ0) is 41.9. The normalized spacial score (nSPS) is 30.8. The Bertz CT molecular complexity index is 2230. The minimum Gasteiger partial charge on any atom is -0.387 e. The summed E-state index contributed by atoms with van der Waals surface area (Å²) in [7, 11) is -30.8. The maximum atomic E-state index is 12.8. The van der Waals surface area contributed by atoms with Crippen LogP contribution in [-0.2, 0) is 58.6 Å². The van der Waals surface area contributed by atoms with E-state index >= 15 is 0 Å². The van der Waals surface area contributed by atoms with Crippen molar-refractivity contribution in [2.24, 2.45) is 0 Å². The zero-order valence-electron chi connectivity index (χ0n) is 27.2. The van der Waals surface area contributed by atoms with Gasteiger partial charge in [0, 0.05) is 0 Å². The van der Waals surface area contributed by atoms with Crippen molar-refractivity contribution < 1.29 is 98.6 Å². The maximum Gasteiger partial charge on any atom is 0.486 e. The summed E-state index contributed by atoms with van der Waals surface area (Å²) >= 11 is 0. The molecule has 0 saturated carbocycles. The lowest BCUT2D eigenvalue weighted by molar-refractivity contribution is -0.0503. The minimum absolute atomic E-state index is 0.0163. The number of nitrogens with two attached hydrogens (primary N) is 2. The lowest BCUT2D eigenvalue weighted by Crippen LogP contribution is -2.33. The number of aliphatic hydroxyl groups excluding tert-OH is 4. The first kappa shape index (κ1) is 43.8. The largest absolute Gasteiger partial charge is 0.486 e. The van der Waals surface area contributed by atoms with Gasteiger partial charge in [-0.05, 0) is 0 Å². The molecule has 2 aliphatic rings. The molecule has 12 unspecified atom stereocenters. The Morgan fingerprint density at radius 3 is 1.33 bits per heavy atom. The number of fused-ring (bicyclic) bond motifs is 2. The Hall–Kier alpha value is -2.73. The van der Waals surface area contributed by atoms with Crippen LogP contribution in [0.2, 0.25) is 0 Å². The average Bonchev–Trinajstić information content (AvgIpc) is 3.83. The van der Waals surface area contributed by atoms with Crippen LogP contribution < -0.4 is 11.5 Å². The molecule has 0 radical (unpaired) electrons. The minimum atomic E-state index is -6.03. The van der Waals surface area contributed by atoms with Crippen LogP contribution in [0.3, 0.4) is 0 Å². The highest BCUT2D eigenvalue weighted by molar-refractivity contribution is 7.87.